The van der Waals surface area contributed by atoms with Crippen LogP contribution in [0.3, 0.4) is 0 Å². The van der Waals surface area contributed by atoms with E-state index in [4.69, 9.17) is 0 Å². The largest absolute Gasteiger partial charge is 0.368 e. The smallest absolute Gasteiger partial charge is 0.265 e. The van der Waals surface area contributed by atoms with Crippen molar-refractivity contribution in [2.24, 2.45) is 0 Å². The predicted octanol–water partition coefficient (Wildman–Crippen LogP) is 7.08. The second-order valence-electron chi connectivity index (χ2n) is 10.8. The second-order valence-corrected chi connectivity index (χ2v) is 11.9. The van der Waals surface area contributed by atoms with Gasteiger partial charge in [0, 0.05) is 42.3 Å². The lowest BCUT2D eigenvalue weighted by atomic mass is 10.0. The number of carbonyl (C=O) groups excluding carboxylic acids is 2. The molecule has 6 rings (SSSR count). The number of para-hydroxylation sites is 1. The Kier molecular flexibility index (Phi) is 7.85. The molecule has 4 aromatic carbocycles. The molecule has 2 aliphatic heterocycles. The Morgan fingerprint density at radius 1 is 0.881 bits per heavy atom. The van der Waals surface area contributed by atoms with Gasteiger partial charge in [-0.3, -0.25) is 9.59 Å². The third-order valence-electron chi connectivity index (χ3n) is 7.88. The number of amides is 2. The minimum atomic E-state index is -0.252. The van der Waals surface area contributed by atoms with Crippen molar-refractivity contribution in [3.63, 3.8) is 0 Å². The summed E-state index contributed by atoms with van der Waals surface area (Å²) in [4.78, 5) is 34.6. The van der Waals surface area contributed by atoms with Crippen molar-refractivity contribution in [1.29, 1.82) is 0 Å². The average molecular weight is 578 g/mol. The fourth-order valence-electron chi connectivity index (χ4n) is 5.44. The monoisotopic (exact) mass is 577 g/mol. The van der Waals surface area contributed by atoms with E-state index in [0.717, 1.165) is 33.0 Å². The van der Waals surface area contributed by atoms with Crippen LogP contribution in [-0.4, -0.2) is 42.9 Å². The van der Waals surface area contributed by atoms with E-state index in [1.54, 1.807) is 12.1 Å². The lowest BCUT2D eigenvalue weighted by Crippen LogP contribution is -2.48. The first kappa shape index (κ1) is 27.8. The lowest BCUT2D eigenvalue weighted by molar-refractivity contribution is -0.114. The number of carbonyl (C=O) groups is 2. The molecule has 0 radical (unpaired) electrons. The quantitative estimate of drug-likeness (QED) is 0.238. The maximum absolute atomic E-state index is 13.8. The van der Waals surface area contributed by atoms with Gasteiger partial charge in [0.25, 0.3) is 11.8 Å². The van der Waals surface area contributed by atoms with Gasteiger partial charge in [0.15, 0.2) is 0 Å². The molecule has 0 aromatic heterocycles. The number of rotatable bonds is 5. The number of nitrogens with zero attached hydrogens (tertiary/aromatic N) is 3. The normalized spacial score (nSPS) is 16.1. The van der Waals surface area contributed by atoms with Crippen molar-refractivity contribution < 1.29 is 14.0 Å². The van der Waals surface area contributed by atoms with Crippen molar-refractivity contribution in [2.45, 2.75) is 25.3 Å². The SMILES string of the molecule is Cc1ccc(C)c(CN2C(=O)/C(=C/c3ccc(C(=O)N4CCN(c5ccc(F)cc5)CC4)cc3)Sc3ccccc32)c1. The van der Waals surface area contributed by atoms with E-state index in [-0.39, 0.29) is 17.6 Å². The van der Waals surface area contributed by atoms with Crippen LogP contribution in [0.4, 0.5) is 15.8 Å². The molecule has 2 amide bonds. The van der Waals surface area contributed by atoms with Crippen molar-refractivity contribution in [2.75, 3.05) is 36.0 Å². The third-order valence-corrected chi connectivity index (χ3v) is 8.96. The highest BCUT2D eigenvalue weighted by Gasteiger charge is 2.29. The first-order valence-electron chi connectivity index (χ1n) is 14.1. The molecule has 42 heavy (non-hydrogen) atoms. The summed E-state index contributed by atoms with van der Waals surface area (Å²) in [5.41, 5.74) is 6.84. The number of hydrogen-bond donors (Lipinski definition) is 0. The summed E-state index contributed by atoms with van der Waals surface area (Å²) in [7, 11) is 0. The maximum Gasteiger partial charge on any atom is 0.265 e. The molecular weight excluding hydrogens is 545 g/mol. The van der Waals surface area contributed by atoms with Gasteiger partial charge in [-0.05, 0) is 85.1 Å². The number of fused-ring (bicyclic) bond motifs is 1. The average Bonchev–Trinajstić information content (AvgIpc) is 3.01. The summed E-state index contributed by atoms with van der Waals surface area (Å²) in [6.07, 6.45) is 1.91. The van der Waals surface area contributed by atoms with Gasteiger partial charge in [-0.25, -0.2) is 4.39 Å². The topological polar surface area (TPSA) is 43.9 Å². The van der Waals surface area contributed by atoms with E-state index >= 15 is 0 Å². The van der Waals surface area contributed by atoms with E-state index < -0.39 is 0 Å². The summed E-state index contributed by atoms with van der Waals surface area (Å²) in [5.74, 6) is -0.291. The number of hydrogen-bond acceptors (Lipinski definition) is 4. The molecule has 2 heterocycles. The maximum atomic E-state index is 13.8. The summed E-state index contributed by atoms with van der Waals surface area (Å²) in [6.45, 7) is 7.24. The molecule has 0 unspecified atom stereocenters. The molecule has 1 fully saturated rings. The molecule has 0 N–H and O–H groups in total. The van der Waals surface area contributed by atoms with Crippen LogP contribution in [0, 0.1) is 19.7 Å². The van der Waals surface area contributed by atoms with Crippen molar-refractivity contribution in [3.05, 3.63) is 130 Å². The van der Waals surface area contributed by atoms with Crippen molar-refractivity contribution >= 4 is 41.0 Å². The standard InChI is InChI=1S/C35H32FN3O2S/c1-24-7-8-25(2)28(21-24)23-39-31-5-3-4-6-32(31)42-33(35(39)41)22-26-9-11-27(12-10-26)34(40)38-19-17-37(18-20-38)30-15-13-29(36)14-16-30/h3-16,21-22H,17-20,23H2,1-2H3/b33-22-. The van der Waals surface area contributed by atoms with Gasteiger partial charge in [0.05, 0.1) is 17.1 Å². The molecule has 7 heteroatoms. The number of benzene rings is 4. The van der Waals surface area contributed by atoms with E-state index in [2.05, 4.69) is 36.9 Å². The molecular formula is C35H32FN3O2S. The molecule has 0 saturated carbocycles. The molecule has 2 aliphatic rings. The number of thioether (sulfide) groups is 1. The minimum absolute atomic E-state index is 0.00953. The molecule has 5 nitrogen and oxygen atoms in total. The van der Waals surface area contributed by atoms with Crippen LogP contribution in [0.2, 0.25) is 0 Å². The molecule has 212 valence electrons. The summed E-state index contributed by atoms with van der Waals surface area (Å²) in [6, 6.07) is 28.3. The van der Waals surface area contributed by atoms with Crippen LogP contribution in [0.15, 0.2) is 101 Å². The van der Waals surface area contributed by atoms with Crippen molar-refractivity contribution in [1.82, 2.24) is 4.90 Å². The van der Waals surface area contributed by atoms with E-state index in [9.17, 15) is 14.0 Å². The van der Waals surface area contributed by atoms with Crippen LogP contribution in [0.1, 0.15) is 32.6 Å². The first-order chi connectivity index (χ1) is 20.4. The third kappa shape index (κ3) is 5.83. The zero-order chi connectivity index (χ0) is 29.2. The number of piperazine rings is 1. The second kappa shape index (κ2) is 11.9. The predicted molar refractivity (Wildman–Crippen MR) is 168 cm³/mol. The molecule has 4 aromatic rings. The fourth-order valence-corrected chi connectivity index (χ4v) is 6.49. The van der Waals surface area contributed by atoms with Crippen LogP contribution in [0.5, 0.6) is 0 Å². The van der Waals surface area contributed by atoms with Crippen molar-refractivity contribution in [3.8, 4) is 0 Å². The molecule has 1 saturated heterocycles. The summed E-state index contributed by atoms with van der Waals surface area (Å²) >= 11 is 1.48. The highest BCUT2D eigenvalue weighted by atomic mass is 32.2. The van der Waals surface area contributed by atoms with Crippen LogP contribution >= 0.6 is 11.8 Å². The van der Waals surface area contributed by atoms with Crippen LogP contribution < -0.4 is 9.80 Å². The molecule has 0 bridgehead atoms. The van der Waals surface area contributed by atoms with Gasteiger partial charge in [0.2, 0.25) is 0 Å². The number of halogens is 1. The Balaban J connectivity index is 1.16. The number of anilines is 2. The fraction of sp³-hybridized carbons (Fsp3) is 0.200. The summed E-state index contributed by atoms with van der Waals surface area (Å²) < 4.78 is 13.3. The molecule has 0 atom stereocenters. The lowest BCUT2D eigenvalue weighted by Gasteiger charge is -2.36. The zero-order valence-electron chi connectivity index (χ0n) is 23.7. The van der Waals surface area contributed by atoms with E-state index in [1.165, 1.54) is 29.5 Å². The zero-order valence-corrected chi connectivity index (χ0v) is 24.5. The van der Waals surface area contributed by atoms with Gasteiger partial charge >= 0.3 is 0 Å². The Morgan fingerprint density at radius 2 is 1.60 bits per heavy atom. The summed E-state index contributed by atoms with van der Waals surface area (Å²) in [5, 5.41) is 0. The Morgan fingerprint density at radius 3 is 2.33 bits per heavy atom. The molecule has 0 spiro atoms. The van der Waals surface area contributed by atoms with Gasteiger partial charge in [-0.2, -0.15) is 0 Å². The van der Waals surface area contributed by atoms with E-state index in [0.29, 0.717) is 43.2 Å². The Bertz CT molecular complexity index is 1660. The van der Waals surface area contributed by atoms with E-state index in [1.807, 2.05) is 64.4 Å². The van der Waals surface area contributed by atoms with Gasteiger partial charge in [0.1, 0.15) is 5.82 Å². The minimum Gasteiger partial charge on any atom is -0.368 e. The van der Waals surface area contributed by atoms with Gasteiger partial charge < -0.3 is 14.7 Å². The van der Waals surface area contributed by atoms with Crippen LogP contribution in [-0.2, 0) is 11.3 Å². The Hall–Kier alpha value is -4.36. The van der Waals surface area contributed by atoms with Gasteiger partial charge in [-0.15, -0.1) is 0 Å². The Labute approximate surface area is 250 Å². The first-order valence-corrected chi connectivity index (χ1v) is 14.9. The van der Waals surface area contributed by atoms with Crippen LogP contribution in [0.25, 0.3) is 6.08 Å². The molecule has 0 aliphatic carbocycles. The number of aryl methyl sites for hydroxylation is 2. The van der Waals surface area contributed by atoms with Gasteiger partial charge in [-0.1, -0.05) is 59.8 Å². The highest BCUT2D eigenvalue weighted by molar-refractivity contribution is 8.04. The highest BCUT2D eigenvalue weighted by Crippen LogP contribution is 2.42.